The van der Waals surface area contributed by atoms with Crippen LogP contribution in [0.2, 0.25) is 0 Å². The average Bonchev–Trinajstić information content (AvgIpc) is 2.71. The molecule has 0 bridgehead atoms. The zero-order valence-corrected chi connectivity index (χ0v) is 19.9. The molecule has 1 saturated heterocycles. The number of nitrogens with one attached hydrogen (secondary N) is 1. The van der Waals surface area contributed by atoms with Crippen molar-refractivity contribution in [2.75, 3.05) is 73.7 Å². The number of halogens is 1. The van der Waals surface area contributed by atoms with Gasteiger partial charge in [-0.3, -0.25) is 9.89 Å². The average molecular weight is 506 g/mol. The molecule has 0 unspecified atom stereocenters. The summed E-state index contributed by atoms with van der Waals surface area (Å²) in [5.41, 5.74) is 1.21. The van der Waals surface area contributed by atoms with Gasteiger partial charge in [-0.1, -0.05) is 6.07 Å². The van der Waals surface area contributed by atoms with Crippen LogP contribution in [0.25, 0.3) is 0 Å². The summed E-state index contributed by atoms with van der Waals surface area (Å²) in [6, 6.07) is 6.07. The highest BCUT2D eigenvalue weighted by Gasteiger charge is 2.11. The van der Waals surface area contributed by atoms with Gasteiger partial charge in [0.15, 0.2) is 17.5 Å². The number of likely N-dealkylation sites (N-methyl/N-ethyl adjacent to an activating group) is 1. The molecule has 1 N–H and O–H groups in total. The predicted octanol–water partition coefficient (Wildman–Crippen LogP) is 2.09. The van der Waals surface area contributed by atoms with E-state index < -0.39 is 0 Å². The molecule has 0 aliphatic carbocycles. The Hall–Kier alpha value is -1.26. The van der Waals surface area contributed by atoms with Gasteiger partial charge in [0.25, 0.3) is 0 Å². The highest BCUT2D eigenvalue weighted by atomic mass is 127. The number of morpholine rings is 1. The van der Waals surface area contributed by atoms with Crippen molar-refractivity contribution in [2.24, 2.45) is 4.99 Å². The van der Waals surface area contributed by atoms with E-state index in [-0.39, 0.29) is 24.0 Å². The van der Waals surface area contributed by atoms with E-state index in [2.05, 4.69) is 35.2 Å². The lowest BCUT2D eigenvalue weighted by atomic mass is 10.1. The molecular formula is C20H35IN4O3. The van der Waals surface area contributed by atoms with Gasteiger partial charge >= 0.3 is 0 Å². The normalized spacial score (nSPS) is 14.9. The maximum absolute atomic E-state index is 5.39. The second-order valence-corrected chi connectivity index (χ2v) is 6.55. The van der Waals surface area contributed by atoms with Crippen molar-refractivity contribution in [3.05, 3.63) is 23.8 Å². The van der Waals surface area contributed by atoms with Gasteiger partial charge in [-0.2, -0.15) is 0 Å². The van der Waals surface area contributed by atoms with E-state index >= 15 is 0 Å². The summed E-state index contributed by atoms with van der Waals surface area (Å²) in [7, 11) is 5.40. The molecular weight excluding hydrogens is 471 g/mol. The fraction of sp³-hybridized carbons (Fsp3) is 0.650. The number of guanidine groups is 1. The first-order valence-electron chi connectivity index (χ1n) is 9.68. The van der Waals surface area contributed by atoms with Gasteiger partial charge in [0.1, 0.15) is 0 Å². The minimum Gasteiger partial charge on any atom is -0.493 e. The smallest absolute Gasteiger partial charge is 0.193 e. The van der Waals surface area contributed by atoms with E-state index in [4.69, 9.17) is 19.2 Å². The largest absolute Gasteiger partial charge is 0.493 e. The summed E-state index contributed by atoms with van der Waals surface area (Å²) in [5, 5.41) is 3.39. The van der Waals surface area contributed by atoms with Gasteiger partial charge in [-0.05, 0) is 31.0 Å². The summed E-state index contributed by atoms with van der Waals surface area (Å²) >= 11 is 0. The number of ether oxygens (including phenoxy) is 3. The van der Waals surface area contributed by atoms with Crippen molar-refractivity contribution < 1.29 is 14.2 Å². The summed E-state index contributed by atoms with van der Waals surface area (Å²) in [4.78, 5) is 9.37. The molecule has 0 amide bonds. The highest BCUT2D eigenvalue weighted by Crippen LogP contribution is 2.27. The Morgan fingerprint density at radius 2 is 1.93 bits per heavy atom. The monoisotopic (exact) mass is 506 g/mol. The van der Waals surface area contributed by atoms with Gasteiger partial charge < -0.3 is 24.4 Å². The molecule has 1 aromatic carbocycles. The number of rotatable bonds is 9. The zero-order valence-electron chi connectivity index (χ0n) is 17.6. The second kappa shape index (κ2) is 13.8. The van der Waals surface area contributed by atoms with Crippen molar-refractivity contribution >= 4 is 29.9 Å². The maximum Gasteiger partial charge on any atom is 0.193 e. The molecule has 1 aliphatic rings. The number of methoxy groups -OCH3 is 2. The SMILES string of the molecule is CCNC(=NCCN1CCOCC1)N(C)CCc1ccc(OC)c(OC)c1.I. The van der Waals surface area contributed by atoms with Crippen molar-refractivity contribution in [2.45, 2.75) is 13.3 Å². The van der Waals surface area contributed by atoms with Crippen LogP contribution in [0.4, 0.5) is 0 Å². The lowest BCUT2D eigenvalue weighted by Crippen LogP contribution is -2.41. The third-order valence-corrected chi connectivity index (χ3v) is 4.66. The van der Waals surface area contributed by atoms with E-state index in [9.17, 15) is 0 Å². The minimum absolute atomic E-state index is 0. The Morgan fingerprint density at radius 1 is 1.21 bits per heavy atom. The van der Waals surface area contributed by atoms with Crippen LogP contribution in [-0.2, 0) is 11.2 Å². The van der Waals surface area contributed by atoms with Crippen LogP contribution < -0.4 is 14.8 Å². The first-order chi connectivity index (χ1) is 13.2. The molecule has 0 aromatic heterocycles. The van der Waals surface area contributed by atoms with E-state index in [0.717, 1.165) is 76.4 Å². The molecule has 8 heteroatoms. The number of nitrogens with zero attached hydrogens (tertiary/aromatic N) is 3. The van der Waals surface area contributed by atoms with Crippen LogP contribution in [-0.4, -0.2) is 89.5 Å². The Bertz CT molecular complexity index is 595. The molecule has 7 nitrogen and oxygen atoms in total. The minimum atomic E-state index is 0. The van der Waals surface area contributed by atoms with Gasteiger partial charge in [0.2, 0.25) is 0 Å². The molecule has 1 aliphatic heterocycles. The number of hydrogen-bond donors (Lipinski definition) is 1. The Morgan fingerprint density at radius 3 is 2.57 bits per heavy atom. The van der Waals surface area contributed by atoms with E-state index in [0.29, 0.717) is 0 Å². The number of hydrogen-bond acceptors (Lipinski definition) is 5. The summed E-state index contributed by atoms with van der Waals surface area (Å²) in [6.45, 7) is 9.26. The molecule has 2 rings (SSSR count). The van der Waals surface area contributed by atoms with Crippen molar-refractivity contribution in [3.8, 4) is 11.5 Å². The Balaban J connectivity index is 0.00000392. The van der Waals surface area contributed by atoms with Gasteiger partial charge in [-0.25, -0.2) is 0 Å². The zero-order chi connectivity index (χ0) is 19.5. The quantitative estimate of drug-likeness (QED) is 0.315. The summed E-state index contributed by atoms with van der Waals surface area (Å²) in [6.07, 6.45) is 0.907. The fourth-order valence-corrected chi connectivity index (χ4v) is 3.03. The van der Waals surface area contributed by atoms with Crippen LogP contribution in [0.5, 0.6) is 11.5 Å². The van der Waals surface area contributed by atoms with Crippen LogP contribution in [0.15, 0.2) is 23.2 Å². The molecule has 0 spiro atoms. The Labute approximate surface area is 186 Å². The Kier molecular flexibility index (Phi) is 12.2. The van der Waals surface area contributed by atoms with Gasteiger partial charge in [-0.15, -0.1) is 24.0 Å². The van der Waals surface area contributed by atoms with Crippen LogP contribution >= 0.6 is 24.0 Å². The number of benzene rings is 1. The third kappa shape index (κ3) is 8.00. The second-order valence-electron chi connectivity index (χ2n) is 6.55. The van der Waals surface area contributed by atoms with Crippen LogP contribution in [0.1, 0.15) is 12.5 Å². The van der Waals surface area contributed by atoms with Crippen molar-refractivity contribution in [3.63, 3.8) is 0 Å². The lowest BCUT2D eigenvalue weighted by molar-refractivity contribution is 0.0394. The van der Waals surface area contributed by atoms with Crippen molar-refractivity contribution in [1.29, 1.82) is 0 Å². The molecule has 1 fully saturated rings. The molecule has 0 radical (unpaired) electrons. The van der Waals surface area contributed by atoms with Crippen LogP contribution in [0.3, 0.4) is 0 Å². The summed E-state index contributed by atoms with van der Waals surface area (Å²) in [5.74, 6) is 2.47. The standard InChI is InChI=1S/C20H34N4O3.HI/c1-5-21-20(22-9-11-24-12-14-27-15-13-24)23(2)10-8-17-6-7-18(25-3)19(16-17)26-4;/h6-7,16H,5,8-15H2,1-4H3,(H,21,22);1H. The molecule has 160 valence electrons. The molecule has 1 heterocycles. The maximum atomic E-state index is 5.39. The van der Waals surface area contributed by atoms with E-state index in [1.807, 2.05) is 12.1 Å². The molecule has 0 saturated carbocycles. The third-order valence-electron chi connectivity index (χ3n) is 4.66. The van der Waals surface area contributed by atoms with E-state index in [1.54, 1.807) is 14.2 Å². The molecule has 1 aromatic rings. The van der Waals surface area contributed by atoms with Crippen LogP contribution in [0, 0.1) is 0 Å². The molecule has 28 heavy (non-hydrogen) atoms. The fourth-order valence-electron chi connectivity index (χ4n) is 3.03. The van der Waals surface area contributed by atoms with Crippen molar-refractivity contribution in [1.82, 2.24) is 15.1 Å². The first kappa shape index (κ1) is 24.8. The highest BCUT2D eigenvalue weighted by molar-refractivity contribution is 14.0. The first-order valence-corrected chi connectivity index (χ1v) is 9.68. The number of aliphatic imine (C=N–C) groups is 1. The summed E-state index contributed by atoms with van der Waals surface area (Å²) < 4.78 is 16.1. The topological polar surface area (TPSA) is 58.6 Å². The van der Waals surface area contributed by atoms with Gasteiger partial charge in [0.05, 0.1) is 34.0 Å². The van der Waals surface area contributed by atoms with Gasteiger partial charge in [0, 0.05) is 39.8 Å². The predicted molar refractivity (Wildman–Crippen MR) is 125 cm³/mol. The lowest BCUT2D eigenvalue weighted by Gasteiger charge is -2.26. The van der Waals surface area contributed by atoms with E-state index in [1.165, 1.54) is 5.56 Å². The molecule has 0 atom stereocenters.